The summed E-state index contributed by atoms with van der Waals surface area (Å²) in [6.45, 7) is 1.88. The summed E-state index contributed by atoms with van der Waals surface area (Å²) in [6.07, 6.45) is 0. The zero-order valence-corrected chi connectivity index (χ0v) is 7.76. The summed E-state index contributed by atoms with van der Waals surface area (Å²) >= 11 is 1.49. The van der Waals surface area contributed by atoms with Crippen molar-refractivity contribution in [2.75, 3.05) is 0 Å². The second kappa shape index (κ2) is 2.81. The van der Waals surface area contributed by atoms with E-state index in [0.717, 1.165) is 5.01 Å². The van der Waals surface area contributed by atoms with Gasteiger partial charge in [-0.25, -0.2) is 9.98 Å². The van der Waals surface area contributed by atoms with Crippen LogP contribution in [0.5, 0.6) is 0 Å². The Morgan fingerprint density at radius 3 is 2.92 bits per heavy atom. The van der Waals surface area contributed by atoms with Crippen molar-refractivity contribution in [3.05, 3.63) is 16.1 Å². The number of hydrogen-bond donors (Lipinski definition) is 2. The minimum atomic E-state index is -0.551. The molecule has 2 rings (SSSR count). The SMILES string of the molecule is Cc1nc(C2N=C(N)NC2=O)cs1. The van der Waals surface area contributed by atoms with Gasteiger partial charge in [0.05, 0.1) is 10.7 Å². The molecule has 1 amide bonds. The highest BCUT2D eigenvalue weighted by Gasteiger charge is 2.28. The number of guanidine groups is 1. The number of thiazole rings is 1. The fourth-order valence-electron chi connectivity index (χ4n) is 1.13. The van der Waals surface area contributed by atoms with Gasteiger partial charge in [-0.2, -0.15) is 0 Å². The van der Waals surface area contributed by atoms with Crippen LogP contribution in [0.15, 0.2) is 10.4 Å². The van der Waals surface area contributed by atoms with E-state index in [0.29, 0.717) is 5.69 Å². The van der Waals surface area contributed by atoms with E-state index in [-0.39, 0.29) is 11.9 Å². The third-order valence-electron chi connectivity index (χ3n) is 1.68. The molecule has 1 unspecified atom stereocenters. The second-order valence-electron chi connectivity index (χ2n) is 2.70. The number of aliphatic imine (C=N–C) groups is 1. The molecule has 0 fully saturated rings. The van der Waals surface area contributed by atoms with Gasteiger partial charge in [0.2, 0.25) is 0 Å². The Balaban J connectivity index is 2.32. The summed E-state index contributed by atoms with van der Waals surface area (Å²) in [7, 11) is 0. The first-order valence-corrected chi connectivity index (χ1v) is 4.61. The molecule has 6 heteroatoms. The first-order chi connectivity index (χ1) is 6.16. The summed E-state index contributed by atoms with van der Waals surface area (Å²) < 4.78 is 0. The normalized spacial score (nSPS) is 21.5. The predicted octanol–water partition coefficient (Wildman–Crippen LogP) is -0.0629. The van der Waals surface area contributed by atoms with Crippen molar-refractivity contribution >= 4 is 23.2 Å². The lowest BCUT2D eigenvalue weighted by atomic mass is 10.2. The Bertz CT molecular complexity index is 384. The number of nitrogens with one attached hydrogen (secondary N) is 1. The minimum Gasteiger partial charge on any atom is -0.370 e. The molecular weight excluding hydrogens is 188 g/mol. The van der Waals surface area contributed by atoms with Crippen LogP contribution in [-0.2, 0) is 4.79 Å². The van der Waals surface area contributed by atoms with Crippen molar-refractivity contribution in [2.45, 2.75) is 13.0 Å². The van der Waals surface area contributed by atoms with Crippen molar-refractivity contribution in [2.24, 2.45) is 10.7 Å². The van der Waals surface area contributed by atoms with Crippen LogP contribution in [0.25, 0.3) is 0 Å². The molecule has 3 N–H and O–H groups in total. The van der Waals surface area contributed by atoms with Crippen LogP contribution in [0.4, 0.5) is 0 Å². The van der Waals surface area contributed by atoms with Crippen molar-refractivity contribution in [1.29, 1.82) is 0 Å². The van der Waals surface area contributed by atoms with Gasteiger partial charge in [-0.15, -0.1) is 11.3 Å². The van der Waals surface area contributed by atoms with E-state index < -0.39 is 6.04 Å². The molecule has 0 aliphatic carbocycles. The van der Waals surface area contributed by atoms with E-state index in [1.165, 1.54) is 11.3 Å². The Morgan fingerprint density at radius 1 is 1.69 bits per heavy atom. The molecule has 0 radical (unpaired) electrons. The molecule has 0 bridgehead atoms. The van der Waals surface area contributed by atoms with E-state index in [4.69, 9.17) is 5.73 Å². The van der Waals surface area contributed by atoms with Crippen molar-refractivity contribution in [3.8, 4) is 0 Å². The third-order valence-corrected chi connectivity index (χ3v) is 2.48. The van der Waals surface area contributed by atoms with Crippen molar-refractivity contribution in [3.63, 3.8) is 0 Å². The number of carbonyl (C=O) groups is 1. The number of rotatable bonds is 1. The zero-order valence-electron chi connectivity index (χ0n) is 6.94. The van der Waals surface area contributed by atoms with E-state index >= 15 is 0 Å². The monoisotopic (exact) mass is 196 g/mol. The molecule has 1 aromatic rings. The van der Waals surface area contributed by atoms with Crippen LogP contribution < -0.4 is 11.1 Å². The molecule has 0 saturated heterocycles. The molecule has 2 heterocycles. The van der Waals surface area contributed by atoms with Crippen LogP contribution in [-0.4, -0.2) is 16.9 Å². The van der Waals surface area contributed by atoms with Gasteiger partial charge in [-0.05, 0) is 6.92 Å². The van der Waals surface area contributed by atoms with Gasteiger partial charge in [0.1, 0.15) is 0 Å². The van der Waals surface area contributed by atoms with Crippen LogP contribution in [0, 0.1) is 6.92 Å². The maximum Gasteiger partial charge on any atom is 0.257 e. The number of amides is 1. The van der Waals surface area contributed by atoms with Crippen LogP contribution in [0.3, 0.4) is 0 Å². The van der Waals surface area contributed by atoms with Crippen LogP contribution >= 0.6 is 11.3 Å². The standard InChI is InChI=1S/C7H8N4OS/c1-3-9-4(2-13-3)5-6(12)11-7(8)10-5/h2,5H,1H3,(H3,8,10,11,12). The Morgan fingerprint density at radius 2 is 2.46 bits per heavy atom. The van der Waals surface area contributed by atoms with E-state index in [1.807, 2.05) is 12.3 Å². The van der Waals surface area contributed by atoms with E-state index in [1.54, 1.807) is 0 Å². The molecule has 1 aliphatic heterocycles. The lowest BCUT2D eigenvalue weighted by molar-refractivity contribution is -0.120. The predicted molar refractivity (Wildman–Crippen MR) is 49.4 cm³/mol. The average Bonchev–Trinajstić information content (AvgIpc) is 2.58. The van der Waals surface area contributed by atoms with Gasteiger partial charge >= 0.3 is 0 Å². The fourth-order valence-corrected chi connectivity index (χ4v) is 1.76. The highest BCUT2D eigenvalue weighted by Crippen LogP contribution is 2.21. The minimum absolute atomic E-state index is 0.167. The van der Waals surface area contributed by atoms with Crippen LogP contribution in [0.2, 0.25) is 0 Å². The van der Waals surface area contributed by atoms with E-state index in [9.17, 15) is 4.79 Å². The Labute approximate surface area is 78.7 Å². The molecule has 0 spiro atoms. The van der Waals surface area contributed by atoms with Crippen molar-refractivity contribution < 1.29 is 4.79 Å². The lowest BCUT2D eigenvalue weighted by Crippen LogP contribution is -2.31. The average molecular weight is 196 g/mol. The highest BCUT2D eigenvalue weighted by molar-refractivity contribution is 7.09. The fraction of sp³-hybridized carbons (Fsp3) is 0.286. The third kappa shape index (κ3) is 1.40. The lowest BCUT2D eigenvalue weighted by Gasteiger charge is -1.97. The summed E-state index contributed by atoms with van der Waals surface area (Å²) in [5.41, 5.74) is 6.02. The summed E-state index contributed by atoms with van der Waals surface area (Å²) in [5.74, 6) is -0.0385. The van der Waals surface area contributed by atoms with Gasteiger partial charge in [-0.3, -0.25) is 10.1 Å². The zero-order chi connectivity index (χ0) is 9.42. The maximum atomic E-state index is 11.3. The number of carbonyl (C=O) groups excluding carboxylic acids is 1. The quantitative estimate of drug-likeness (QED) is 0.660. The summed E-state index contributed by atoms with van der Waals surface area (Å²) in [6, 6.07) is -0.551. The number of hydrogen-bond acceptors (Lipinski definition) is 5. The van der Waals surface area contributed by atoms with Gasteiger partial charge in [0, 0.05) is 5.38 Å². The summed E-state index contributed by atoms with van der Waals surface area (Å²) in [5, 5.41) is 5.17. The first kappa shape index (κ1) is 8.18. The van der Waals surface area contributed by atoms with Gasteiger partial charge in [0.25, 0.3) is 5.91 Å². The van der Waals surface area contributed by atoms with E-state index in [2.05, 4.69) is 15.3 Å². The molecule has 0 saturated carbocycles. The molecule has 1 atom stereocenters. The Hall–Kier alpha value is -1.43. The maximum absolute atomic E-state index is 11.3. The topological polar surface area (TPSA) is 80.4 Å². The summed E-state index contributed by atoms with van der Waals surface area (Å²) in [4.78, 5) is 19.4. The molecule has 1 aromatic heterocycles. The molecule has 5 nitrogen and oxygen atoms in total. The number of aryl methyl sites for hydroxylation is 1. The van der Waals surface area contributed by atoms with Crippen LogP contribution in [0.1, 0.15) is 16.7 Å². The number of nitrogens with two attached hydrogens (primary N) is 1. The highest BCUT2D eigenvalue weighted by atomic mass is 32.1. The second-order valence-corrected chi connectivity index (χ2v) is 3.76. The van der Waals surface area contributed by atoms with Crippen molar-refractivity contribution in [1.82, 2.24) is 10.3 Å². The molecule has 0 aromatic carbocycles. The van der Waals surface area contributed by atoms with Gasteiger partial charge in [-0.1, -0.05) is 0 Å². The Kier molecular flexibility index (Phi) is 1.77. The number of nitrogens with zero attached hydrogens (tertiary/aromatic N) is 2. The molecule has 13 heavy (non-hydrogen) atoms. The molecule has 68 valence electrons. The smallest absolute Gasteiger partial charge is 0.257 e. The van der Waals surface area contributed by atoms with Gasteiger partial charge < -0.3 is 5.73 Å². The first-order valence-electron chi connectivity index (χ1n) is 3.73. The molecular formula is C7H8N4OS. The number of aromatic nitrogens is 1. The largest absolute Gasteiger partial charge is 0.370 e. The van der Waals surface area contributed by atoms with Gasteiger partial charge in [0.15, 0.2) is 12.0 Å². The molecule has 1 aliphatic rings.